The molecule has 0 heterocycles. The molecule has 1 aromatic carbocycles. The average molecular weight is 284 g/mol. The topological polar surface area (TPSA) is 49.3 Å². The molecule has 0 bridgehead atoms. The van der Waals surface area contributed by atoms with E-state index in [0.717, 1.165) is 11.0 Å². The summed E-state index contributed by atoms with van der Waals surface area (Å²) in [5.41, 5.74) is 1.54. The van der Waals surface area contributed by atoms with Crippen LogP contribution >= 0.6 is 15.9 Å². The highest BCUT2D eigenvalue weighted by Crippen LogP contribution is 2.10. The van der Waals surface area contributed by atoms with Gasteiger partial charge in [-0.25, -0.2) is 4.79 Å². The molecular weight excluding hydrogens is 270 g/mol. The van der Waals surface area contributed by atoms with E-state index in [9.17, 15) is 4.79 Å². The molecular formula is C12H14BrNO2. The molecule has 0 spiro atoms. The monoisotopic (exact) mass is 283 g/mol. The Kier molecular flexibility index (Phi) is 5.22. The molecule has 0 aliphatic heterocycles. The highest BCUT2D eigenvalue weighted by atomic mass is 79.9. The zero-order valence-corrected chi connectivity index (χ0v) is 10.6. The largest absolute Gasteiger partial charge is 0.478 e. The Hall–Kier alpha value is -1.13. The second kappa shape index (κ2) is 6.45. The number of rotatable bonds is 5. The second-order valence-electron chi connectivity index (χ2n) is 3.45. The molecule has 4 heteroatoms. The number of carbonyl (C=O) groups is 1. The summed E-state index contributed by atoms with van der Waals surface area (Å²) in [6.07, 6.45) is 1.67. The van der Waals surface area contributed by atoms with Gasteiger partial charge in [-0.15, -0.1) is 0 Å². The summed E-state index contributed by atoms with van der Waals surface area (Å²) >= 11 is 3.37. The zero-order chi connectivity index (χ0) is 12.0. The molecule has 0 fully saturated rings. The van der Waals surface area contributed by atoms with Crippen molar-refractivity contribution in [3.8, 4) is 0 Å². The number of carboxylic acid groups (broad SMARTS) is 1. The van der Waals surface area contributed by atoms with Crippen LogP contribution in [0.3, 0.4) is 0 Å². The number of aliphatic carboxylic acids is 1. The van der Waals surface area contributed by atoms with Gasteiger partial charge in [-0.05, 0) is 24.6 Å². The molecule has 1 rings (SSSR count). The number of hydrogen-bond donors (Lipinski definition) is 2. The van der Waals surface area contributed by atoms with E-state index in [4.69, 9.17) is 5.11 Å². The van der Waals surface area contributed by atoms with Crippen LogP contribution in [0, 0.1) is 0 Å². The van der Waals surface area contributed by atoms with Crippen molar-refractivity contribution in [2.75, 3.05) is 6.54 Å². The summed E-state index contributed by atoms with van der Waals surface area (Å²) in [7, 11) is 0. The summed E-state index contributed by atoms with van der Waals surface area (Å²) in [5, 5.41) is 11.8. The Morgan fingerprint density at radius 3 is 2.62 bits per heavy atom. The fourth-order valence-electron chi connectivity index (χ4n) is 1.13. The first-order valence-electron chi connectivity index (χ1n) is 4.95. The lowest BCUT2D eigenvalue weighted by atomic mass is 10.2. The Morgan fingerprint density at radius 2 is 2.06 bits per heavy atom. The summed E-state index contributed by atoms with van der Waals surface area (Å²) in [4.78, 5) is 10.5. The van der Waals surface area contributed by atoms with Crippen LogP contribution in [-0.2, 0) is 11.3 Å². The van der Waals surface area contributed by atoms with Crippen LogP contribution in [0.4, 0.5) is 0 Å². The first-order chi connectivity index (χ1) is 7.59. The lowest BCUT2D eigenvalue weighted by Crippen LogP contribution is -2.14. The molecule has 0 atom stereocenters. The minimum absolute atomic E-state index is 0.364. The van der Waals surface area contributed by atoms with Crippen LogP contribution in [0.15, 0.2) is 40.4 Å². The van der Waals surface area contributed by atoms with Crippen LogP contribution < -0.4 is 5.32 Å². The van der Waals surface area contributed by atoms with Gasteiger partial charge in [-0.1, -0.05) is 34.1 Å². The van der Waals surface area contributed by atoms with Gasteiger partial charge in [0.2, 0.25) is 0 Å². The fraction of sp³-hybridized carbons (Fsp3) is 0.250. The number of hydrogen-bond acceptors (Lipinski definition) is 2. The quantitative estimate of drug-likeness (QED) is 0.645. The van der Waals surface area contributed by atoms with E-state index in [1.165, 1.54) is 5.56 Å². The van der Waals surface area contributed by atoms with Gasteiger partial charge in [0.25, 0.3) is 0 Å². The molecule has 0 radical (unpaired) electrons. The third-order valence-electron chi connectivity index (χ3n) is 2.13. The number of carboxylic acids is 1. The van der Waals surface area contributed by atoms with E-state index >= 15 is 0 Å². The molecule has 0 aliphatic carbocycles. The lowest BCUT2D eigenvalue weighted by molar-refractivity contribution is -0.132. The molecule has 0 aromatic heterocycles. The van der Waals surface area contributed by atoms with Gasteiger partial charge in [-0.2, -0.15) is 0 Å². The Labute approximate surface area is 103 Å². The Bertz CT molecular complexity index is 385. The standard InChI is InChI=1S/C12H14BrNO2/c1-9(12(15)16)6-7-14-8-10-2-4-11(13)5-3-10/h2-6,14H,7-8H2,1H3,(H,15,16)/b9-6-. The average Bonchev–Trinajstić information content (AvgIpc) is 2.26. The van der Waals surface area contributed by atoms with Gasteiger partial charge in [0, 0.05) is 23.1 Å². The highest BCUT2D eigenvalue weighted by molar-refractivity contribution is 9.10. The maximum Gasteiger partial charge on any atom is 0.330 e. The normalized spacial score (nSPS) is 11.5. The molecule has 0 saturated carbocycles. The predicted octanol–water partition coefficient (Wildman–Crippen LogP) is 2.57. The minimum atomic E-state index is -0.870. The van der Waals surface area contributed by atoms with Crippen LogP contribution in [0.5, 0.6) is 0 Å². The third-order valence-corrected chi connectivity index (χ3v) is 2.66. The van der Waals surface area contributed by atoms with Crippen LogP contribution in [0.2, 0.25) is 0 Å². The van der Waals surface area contributed by atoms with Crippen molar-refractivity contribution in [1.82, 2.24) is 5.32 Å². The molecule has 3 nitrogen and oxygen atoms in total. The smallest absolute Gasteiger partial charge is 0.330 e. The molecule has 86 valence electrons. The van der Waals surface area contributed by atoms with Crippen molar-refractivity contribution >= 4 is 21.9 Å². The summed E-state index contributed by atoms with van der Waals surface area (Å²) in [5.74, 6) is -0.870. The van der Waals surface area contributed by atoms with Crippen molar-refractivity contribution in [3.63, 3.8) is 0 Å². The van der Waals surface area contributed by atoms with Gasteiger partial charge < -0.3 is 10.4 Å². The van der Waals surface area contributed by atoms with E-state index in [1.807, 2.05) is 24.3 Å². The molecule has 0 saturated heterocycles. The van der Waals surface area contributed by atoms with Gasteiger partial charge >= 0.3 is 5.97 Å². The van der Waals surface area contributed by atoms with Crippen molar-refractivity contribution in [2.24, 2.45) is 0 Å². The molecule has 2 N–H and O–H groups in total. The van der Waals surface area contributed by atoms with Crippen molar-refractivity contribution in [1.29, 1.82) is 0 Å². The van der Waals surface area contributed by atoms with Crippen LogP contribution in [0.25, 0.3) is 0 Å². The van der Waals surface area contributed by atoms with Crippen molar-refractivity contribution < 1.29 is 9.90 Å². The highest BCUT2D eigenvalue weighted by Gasteiger charge is 1.97. The first kappa shape index (κ1) is 12.9. The zero-order valence-electron chi connectivity index (χ0n) is 9.03. The predicted molar refractivity (Wildman–Crippen MR) is 67.2 cm³/mol. The van der Waals surface area contributed by atoms with Crippen molar-refractivity contribution in [3.05, 3.63) is 46.0 Å². The third kappa shape index (κ3) is 4.59. The maximum absolute atomic E-state index is 10.5. The van der Waals surface area contributed by atoms with Gasteiger partial charge in [0.15, 0.2) is 0 Å². The van der Waals surface area contributed by atoms with Crippen LogP contribution in [-0.4, -0.2) is 17.6 Å². The second-order valence-corrected chi connectivity index (χ2v) is 4.37. The Balaban J connectivity index is 2.34. The van der Waals surface area contributed by atoms with E-state index in [2.05, 4.69) is 21.2 Å². The maximum atomic E-state index is 10.5. The van der Waals surface area contributed by atoms with E-state index in [-0.39, 0.29) is 0 Å². The summed E-state index contributed by atoms with van der Waals surface area (Å²) in [6, 6.07) is 8.00. The molecule has 1 aromatic rings. The van der Waals surface area contributed by atoms with Crippen molar-refractivity contribution in [2.45, 2.75) is 13.5 Å². The summed E-state index contributed by atoms with van der Waals surface area (Å²) in [6.45, 7) is 2.88. The van der Waals surface area contributed by atoms with E-state index in [0.29, 0.717) is 12.1 Å². The molecule has 0 aliphatic rings. The van der Waals surface area contributed by atoms with Gasteiger partial charge in [0.1, 0.15) is 0 Å². The number of nitrogens with one attached hydrogen (secondary N) is 1. The van der Waals surface area contributed by atoms with E-state index in [1.54, 1.807) is 13.0 Å². The molecule has 0 amide bonds. The molecule has 0 unspecified atom stereocenters. The van der Waals surface area contributed by atoms with Gasteiger partial charge in [-0.3, -0.25) is 0 Å². The van der Waals surface area contributed by atoms with Crippen LogP contribution in [0.1, 0.15) is 12.5 Å². The Morgan fingerprint density at radius 1 is 1.44 bits per heavy atom. The number of benzene rings is 1. The number of halogens is 1. The van der Waals surface area contributed by atoms with E-state index < -0.39 is 5.97 Å². The fourth-order valence-corrected chi connectivity index (χ4v) is 1.40. The SMILES string of the molecule is C/C(=C/CNCc1ccc(Br)cc1)C(=O)O. The summed E-state index contributed by atoms with van der Waals surface area (Å²) < 4.78 is 1.05. The molecule has 16 heavy (non-hydrogen) atoms. The lowest BCUT2D eigenvalue weighted by Gasteiger charge is -2.02. The van der Waals surface area contributed by atoms with Gasteiger partial charge in [0.05, 0.1) is 0 Å². The minimum Gasteiger partial charge on any atom is -0.478 e. The first-order valence-corrected chi connectivity index (χ1v) is 5.74.